The van der Waals surface area contributed by atoms with Crippen LogP contribution in [0, 0.1) is 0 Å². The number of benzene rings is 1. The molecule has 1 aliphatic heterocycles. The van der Waals surface area contributed by atoms with Crippen LogP contribution in [0.25, 0.3) is 0 Å². The lowest BCUT2D eigenvalue weighted by Crippen LogP contribution is -1.94. The number of hydrogen-bond donors (Lipinski definition) is 0. The Kier molecular flexibility index (Phi) is 1.61. The summed E-state index contributed by atoms with van der Waals surface area (Å²) in [6.45, 7) is 3.33. The van der Waals surface area contributed by atoms with Crippen molar-refractivity contribution in [3.05, 3.63) is 29.8 Å². The number of nitrogens with zero attached hydrogens (tertiary/aromatic N) is 1. The van der Waals surface area contributed by atoms with Crippen molar-refractivity contribution < 1.29 is 4.79 Å². The van der Waals surface area contributed by atoms with Crippen LogP contribution >= 0.6 is 0 Å². The van der Waals surface area contributed by atoms with Crippen LogP contribution in [0.5, 0.6) is 0 Å². The van der Waals surface area contributed by atoms with Gasteiger partial charge in [-0.3, -0.25) is 4.79 Å². The third-order valence-electron chi connectivity index (χ3n) is 2.22. The Morgan fingerprint density at radius 3 is 2.42 bits per heavy atom. The van der Waals surface area contributed by atoms with E-state index in [9.17, 15) is 4.79 Å². The highest BCUT2D eigenvalue weighted by atomic mass is 16.1. The van der Waals surface area contributed by atoms with Crippen molar-refractivity contribution in [2.75, 3.05) is 11.4 Å². The van der Waals surface area contributed by atoms with Gasteiger partial charge in [0.1, 0.15) is 6.29 Å². The van der Waals surface area contributed by atoms with E-state index < -0.39 is 0 Å². The molecule has 2 nitrogen and oxygen atoms in total. The Morgan fingerprint density at radius 2 is 2.00 bits per heavy atom. The molecule has 0 N–H and O–H groups in total. The Morgan fingerprint density at radius 1 is 1.42 bits per heavy atom. The molecule has 1 aromatic rings. The number of aldehydes is 1. The monoisotopic (exact) mass is 161 g/mol. The first-order valence-electron chi connectivity index (χ1n) is 4.13. The summed E-state index contributed by atoms with van der Waals surface area (Å²) in [6, 6.07) is 8.37. The molecule has 1 unspecified atom stereocenters. The zero-order valence-electron chi connectivity index (χ0n) is 7.03. The van der Waals surface area contributed by atoms with Gasteiger partial charge in [-0.1, -0.05) is 0 Å². The Bertz CT molecular complexity index is 291. The molecule has 62 valence electrons. The molecule has 0 aliphatic carbocycles. The summed E-state index contributed by atoms with van der Waals surface area (Å²) in [5, 5.41) is 0. The van der Waals surface area contributed by atoms with Gasteiger partial charge in [-0.15, -0.1) is 0 Å². The largest absolute Gasteiger partial charge is 0.365 e. The fraction of sp³-hybridized carbons (Fsp3) is 0.300. The van der Waals surface area contributed by atoms with Gasteiger partial charge in [-0.25, -0.2) is 0 Å². The maximum absolute atomic E-state index is 10.4. The maximum Gasteiger partial charge on any atom is 0.150 e. The number of carbonyl (C=O) groups excluding carboxylic acids is 1. The molecule has 0 bridgehead atoms. The van der Waals surface area contributed by atoms with Gasteiger partial charge in [0.2, 0.25) is 0 Å². The molecule has 2 rings (SSSR count). The molecule has 1 saturated heterocycles. The molecule has 1 aromatic carbocycles. The quantitative estimate of drug-likeness (QED) is 0.486. The minimum Gasteiger partial charge on any atom is -0.365 e. The summed E-state index contributed by atoms with van der Waals surface area (Å²) in [5.74, 6) is 0. The maximum atomic E-state index is 10.4. The van der Waals surface area contributed by atoms with Crippen LogP contribution < -0.4 is 4.90 Å². The number of carbonyl (C=O) groups is 1. The smallest absolute Gasteiger partial charge is 0.150 e. The highest BCUT2D eigenvalue weighted by Gasteiger charge is 2.28. The van der Waals surface area contributed by atoms with Crippen LogP contribution in [0.15, 0.2) is 24.3 Å². The molecule has 1 heterocycles. The molecule has 12 heavy (non-hydrogen) atoms. The van der Waals surface area contributed by atoms with E-state index in [1.807, 2.05) is 24.3 Å². The predicted molar refractivity (Wildman–Crippen MR) is 48.6 cm³/mol. The highest BCUT2D eigenvalue weighted by Crippen LogP contribution is 2.26. The third kappa shape index (κ3) is 1.20. The fourth-order valence-electron chi connectivity index (χ4n) is 1.34. The molecule has 2 heteroatoms. The van der Waals surface area contributed by atoms with E-state index in [1.54, 1.807) is 0 Å². The van der Waals surface area contributed by atoms with Gasteiger partial charge in [0.05, 0.1) is 0 Å². The van der Waals surface area contributed by atoms with Crippen LogP contribution in [0.1, 0.15) is 17.3 Å². The van der Waals surface area contributed by atoms with Crippen molar-refractivity contribution in [1.82, 2.24) is 0 Å². The molecule has 0 spiro atoms. The average molecular weight is 161 g/mol. The zero-order chi connectivity index (χ0) is 8.55. The topological polar surface area (TPSA) is 20.1 Å². The van der Waals surface area contributed by atoms with Crippen LogP contribution in [0.4, 0.5) is 5.69 Å². The third-order valence-corrected chi connectivity index (χ3v) is 2.22. The molecule has 0 aromatic heterocycles. The van der Waals surface area contributed by atoms with Crippen molar-refractivity contribution in [2.24, 2.45) is 0 Å². The van der Waals surface area contributed by atoms with Gasteiger partial charge in [-0.05, 0) is 31.2 Å². The number of anilines is 1. The molecule has 1 atom stereocenters. The van der Waals surface area contributed by atoms with E-state index in [0.29, 0.717) is 6.04 Å². The van der Waals surface area contributed by atoms with E-state index in [0.717, 1.165) is 18.4 Å². The zero-order valence-corrected chi connectivity index (χ0v) is 7.03. The predicted octanol–water partition coefficient (Wildman–Crippen LogP) is 1.71. The van der Waals surface area contributed by atoms with E-state index >= 15 is 0 Å². The van der Waals surface area contributed by atoms with Crippen LogP contribution in [0.2, 0.25) is 0 Å². The molecular weight excluding hydrogens is 150 g/mol. The molecule has 1 aliphatic rings. The summed E-state index contributed by atoms with van der Waals surface area (Å²) < 4.78 is 0. The van der Waals surface area contributed by atoms with Crippen molar-refractivity contribution in [3.63, 3.8) is 0 Å². The van der Waals surface area contributed by atoms with Gasteiger partial charge in [-0.2, -0.15) is 0 Å². The van der Waals surface area contributed by atoms with Crippen molar-refractivity contribution in [3.8, 4) is 0 Å². The first kappa shape index (κ1) is 7.35. The van der Waals surface area contributed by atoms with Gasteiger partial charge >= 0.3 is 0 Å². The van der Waals surface area contributed by atoms with E-state index in [-0.39, 0.29) is 0 Å². The second-order valence-electron chi connectivity index (χ2n) is 3.21. The van der Waals surface area contributed by atoms with Crippen molar-refractivity contribution in [1.29, 1.82) is 0 Å². The van der Waals surface area contributed by atoms with E-state index in [2.05, 4.69) is 11.8 Å². The number of rotatable bonds is 2. The summed E-state index contributed by atoms with van der Waals surface area (Å²) in [5.41, 5.74) is 1.96. The molecule has 0 radical (unpaired) electrons. The molecule has 0 saturated carbocycles. The average Bonchev–Trinajstić information content (AvgIpc) is 2.83. The normalized spacial score (nSPS) is 20.8. The minimum absolute atomic E-state index is 0.673. The standard InChI is InChI=1S/C10H11NO/c1-8-6-11(8)10-4-2-9(7-12)3-5-10/h2-5,7-8H,6H2,1H3. The first-order chi connectivity index (χ1) is 5.81. The summed E-state index contributed by atoms with van der Waals surface area (Å²) in [6.07, 6.45) is 0.870. The van der Waals surface area contributed by atoms with Gasteiger partial charge in [0.25, 0.3) is 0 Å². The van der Waals surface area contributed by atoms with Crippen LogP contribution in [-0.4, -0.2) is 18.9 Å². The second kappa shape index (κ2) is 2.63. The van der Waals surface area contributed by atoms with Gasteiger partial charge in [0, 0.05) is 23.8 Å². The SMILES string of the molecule is CC1CN1c1ccc(C=O)cc1. The molecular formula is C10H11NO. The van der Waals surface area contributed by atoms with Gasteiger partial charge < -0.3 is 4.90 Å². The van der Waals surface area contributed by atoms with Gasteiger partial charge in [0.15, 0.2) is 0 Å². The number of hydrogen-bond acceptors (Lipinski definition) is 2. The molecule has 1 fully saturated rings. The summed E-state index contributed by atoms with van der Waals surface area (Å²) in [7, 11) is 0. The fourth-order valence-corrected chi connectivity index (χ4v) is 1.34. The first-order valence-corrected chi connectivity index (χ1v) is 4.13. The summed E-state index contributed by atoms with van der Waals surface area (Å²) in [4.78, 5) is 12.6. The summed E-state index contributed by atoms with van der Waals surface area (Å²) >= 11 is 0. The van der Waals surface area contributed by atoms with Crippen molar-refractivity contribution >= 4 is 12.0 Å². The van der Waals surface area contributed by atoms with Crippen LogP contribution in [0.3, 0.4) is 0 Å². The lowest BCUT2D eigenvalue weighted by atomic mass is 10.2. The second-order valence-corrected chi connectivity index (χ2v) is 3.21. The Labute approximate surface area is 71.8 Å². The minimum atomic E-state index is 0.673. The molecule has 0 amide bonds. The van der Waals surface area contributed by atoms with E-state index in [1.165, 1.54) is 5.69 Å². The van der Waals surface area contributed by atoms with E-state index in [4.69, 9.17) is 0 Å². The Balaban J connectivity index is 2.19. The Hall–Kier alpha value is -1.31. The van der Waals surface area contributed by atoms with Crippen LogP contribution in [-0.2, 0) is 0 Å². The lowest BCUT2D eigenvalue weighted by molar-refractivity contribution is 0.112. The lowest BCUT2D eigenvalue weighted by Gasteiger charge is -2.02. The van der Waals surface area contributed by atoms with Crippen molar-refractivity contribution in [2.45, 2.75) is 13.0 Å². The highest BCUT2D eigenvalue weighted by molar-refractivity contribution is 5.76.